The van der Waals surface area contributed by atoms with Crippen molar-refractivity contribution in [1.29, 1.82) is 0 Å². The highest BCUT2D eigenvalue weighted by molar-refractivity contribution is 9.10. The van der Waals surface area contributed by atoms with Crippen LogP contribution in [0, 0.1) is 10.8 Å². The van der Waals surface area contributed by atoms with E-state index < -0.39 is 0 Å². The summed E-state index contributed by atoms with van der Waals surface area (Å²) in [5, 5.41) is 6.39. The largest absolute Gasteiger partial charge is 0.335 e. The Morgan fingerprint density at radius 2 is 1.90 bits per heavy atom. The molecule has 1 aromatic carbocycles. The minimum atomic E-state index is -0.107. The number of nitrogens with one attached hydrogen (secondary N) is 2. The van der Waals surface area contributed by atoms with Crippen molar-refractivity contribution in [3.8, 4) is 0 Å². The predicted octanol–water partition coefficient (Wildman–Crippen LogP) is 5.09. The molecule has 0 bridgehead atoms. The topological polar surface area (TPSA) is 70.6 Å². The number of hydrogen-bond donors (Lipinski definition) is 2. The van der Waals surface area contributed by atoms with Gasteiger partial charge in [0, 0.05) is 22.0 Å². The lowest BCUT2D eigenvalue weighted by Crippen LogP contribution is -2.53. The summed E-state index contributed by atoms with van der Waals surface area (Å²) in [7, 11) is 0. The maximum absolute atomic E-state index is 12.8. The van der Waals surface area contributed by atoms with E-state index in [-0.39, 0.29) is 34.4 Å². The standard InChI is InChI=1S/C23H32BrN3O2/c1-16(23(9-10-23)17-5-7-18(24)8-6-17)26-20(29)27-19-11-21(2,3)13-22(4,12-19)14-25-15-28/h5-8,16,19H,9-14H2,1-4H3,(H2,26,27,29). The summed E-state index contributed by atoms with van der Waals surface area (Å²) in [6.07, 6.45) is 6.57. The zero-order chi connectivity index (χ0) is 21.3. The summed E-state index contributed by atoms with van der Waals surface area (Å²) >= 11 is 3.49. The van der Waals surface area contributed by atoms with Crippen molar-refractivity contribution in [2.75, 3.05) is 6.54 Å². The summed E-state index contributed by atoms with van der Waals surface area (Å²) < 4.78 is 1.07. The lowest BCUT2D eigenvalue weighted by atomic mass is 9.62. The van der Waals surface area contributed by atoms with Crippen molar-refractivity contribution in [3.05, 3.63) is 34.3 Å². The zero-order valence-corrected chi connectivity index (χ0v) is 19.4. The normalized spacial score (nSPS) is 28.0. The maximum atomic E-state index is 12.8. The molecular weight excluding hydrogens is 430 g/mol. The molecular formula is C23H32BrN3O2. The molecule has 0 aliphatic heterocycles. The Morgan fingerprint density at radius 3 is 2.48 bits per heavy atom. The molecule has 2 aliphatic rings. The Bertz CT molecular complexity index is 797. The lowest BCUT2D eigenvalue weighted by molar-refractivity contribution is 0.0805. The molecule has 6 heteroatoms. The van der Waals surface area contributed by atoms with E-state index in [0.717, 1.165) is 36.6 Å². The first-order valence-electron chi connectivity index (χ1n) is 10.4. The number of halogens is 1. The number of carbonyl (C=O) groups is 1. The van der Waals surface area contributed by atoms with Crippen LogP contribution in [0.25, 0.3) is 0 Å². The third-order valence-electron chi connectivity index (χ3n) is 6.69. The number of nitrogens with zero attached hydrogens (tertiary/aromatic N) is 1. The minimum absolute atomic E-state index is 0.0388. The van der Waals surface area contributed by atoms with Crippen LogP contribution in [0.15, 0.2) is 33.7 Å². The quantitative estimate of drug-likeness (QED) is 0.457. The van der Waals surface area contributed by atoms with Crippen molar-refractivity contribution in [3.63, 3.8) is 0 Å². The second-order valence-electron chi connectivity index (χ2n) is 10.2. The Hall–Kier alpha value is -1.65. The number of amides is 2. The molecule has 2 amide bonds. The van der Waals surface area contributed by atoms with Gasteiger partial charge in [-0.2, -0.15) is 0 Å². The van der Waals surface area contributed by atoms with Gasteiger partial charge in [0.2, 0.25) is 6.08 Å². The molecule has 29 heavy (non-hydrogen) atoms. The van der Waals surface area contributed by atoms with Crippen molar-refractivity contribution < 1.29 is 9.59 Å². The van der Waals surface area contributed by atoms with E-state index in [2.05, 4.69) is 83.5 Å². The molecule has 3 atom stereocenters. The van der Waals surface area contributed by atoms with Crippen molar-refractivity contribution in [1.82, 2.24) is 10.6 Å². The number of aliphatic imine (C=N–C) groups is 1. The highest BCUT2D eigenvalue weighted by atomic mass is 79.9. The number of carbonyl (C=O) groups excluding carboxylic acids is 2. The minimum Gasteiger partial charge on any atom is -0.335 e. The van der Waals surface area contributed by atoms with Crippen molar-refractivity contribution in [2.45, 2.75) is 77.3 Å². The van der Waals surface area contributed by atoms with Gasteiger partial charge < -0.3 is 10.6 Å². The Labute approximate surface area is 182 Å². The highest BCUT2D eigenvalue weighted by Gasteiger charge is 2.49. The van der Waals surface area contributed by atoms with Crippen LogP contribution in [-0.2, 0) is 10.2 Å². The molecule has 3 unspecified atom stereocenters. The Kier molecular flexibility index (Phi) is 6.26. The van der Waals surface area contributed by atoms with E-state index in [1.807, 2.05) is 0 Å². The van der Waals surface area contributed by atoms with E-state index in [1.54, 1.807) is 6.08 Å². The Morgan fingerprint density at radius 1 is 1.24 bits per heavy atom. The second-order valence-corrected chi connectivity index (χ2v) is 11.1. The molecule has 0 spiro atoms. The molecule has 5 nitrogen and oxygen atoms in total. The van der Waals surface area contributed by atoms with E-state index in [0.29, 0.717) is 6.54 Å². The maximum Gasteiger partial charge on any atom is 0.315 e. The van der Waals surface area contributed by atoms with Gasteiger partial charge in [0.1, 0.15) is 0 Å². The predicted molar refractivity (Wildman–Crippen MR) is 119 cm³/mol. The van der Waals surface area contributed by atoms with Crippen LogP contribution in [0.5, 0.6) is 0 Å². The first kappa shape index (κ1) is 22.0. The average molecular weight is 462 g/mol. The van der Waals surface area contributed by atoms with Gasteiger partial charge in [-0.1, -0.05) is 48.8 Å². The van der Waals surface area contributed by atoms with Gasteiger partial charge >= 0.3 is 6.03 Å². The summed E-state index contributed by atoms with van der Waals surface area (Å²) in [5.74, 6) is 0. The third-order valence-corrected chi connectivity index (χ3v) is 7.22. The summed E-state index contributed by atoms with van der Waals surface area (Å²) in [6, 6.07) is 8.45. The van der Waals surface area contributed by atoms with Crippen LogP contribution in [0.2, 0.25) is 0 Å². The van der Waals surface area contributed by atoms with Crippen LogP contribution in [0.3, 0.4) is 0 Å². The summed E-state index contributed by atoms with van der Waals surface area (Å²) in [5.41, 5.74) is 1.31. The molecule has 0 aromatic heterocycles. The first-order chi connectivity index (χ1) is 13.6. The van der Waals surface area contributed by atoms with Crippen LogP contribution in [-0.4, -0.2) is 30.7 Å². The monoisotopic (exact) mass is 461 g/mol. The van der Waals surface area contributed by atoms with Gasteiger partial charge in [0.05, 0.1) is 6.54 Å². The van der Waals surface area contributed by atoms with Gasteiger partial charge in [-0.05, 0) is 67.6 Å². The molecule has 2 saturated carbocycles. The van der Waals surface area contributed by atoms with E-state index >= 15 is 0 Å². The van der Waals surface area contributed by atoms with Gasteiger partial charge in [0.15, 0.2) is 0 Å². The van der Waals surface area contributed by atoms with E-state index in [1.165, 1.54) is 5.56 Å². The fourth-order valence-electron chi connectivity index (χ4n) is 5.53. The molecule has 0 heterocycles. The fraction of sp³-hybridized carbons (Fsp3) is 0.652. The lowest BCUT2D eigenvalue weighted by Gasteiger charge is -2.46. The molecule has 2 aliphatic carbocycles. The van der Waals surface area contributed by atoms with Crippen LogP contribution >= 0.6 is 15.9 Å². The van der Waals surface area contributed by atoms with Gasteiger partial charge in [0.25, 0.3) is 0 Å². The van der Waals surface area contributed by atoms with Gasteiger partial charge in [-0.15, -0.1) is 0 Å². The third kappa shape index (κ3) is 5.29. The number of urea groups is 1. The first-order valence-corrected chi connectivity index (χ1v) is 11.2. The molecule has 0 saturated heterocycles. The SMILES string of the molecule is CC(NC(=O)NC1CC(C)(C)CC(C)(CN=C=O)C1)C1(c2ccc(Br)cc2)CC1. The average Bonchev–Trinajstić information content (AvgIpc) is 3.40. The molecule has 158 valence electrons. The van der Waals surface area contributed by atoms with Crippen molar-refractivity contribution in [2.24, 2.45) is 15.8 Å². The highest BCUT2D eigenvalue weighted by Crippen LogP contribution is 2.51. The van der Waals surface area contributed by atoms with Gasteiger partial charge in [-0.3, -0.25) is 0 Å². The molecule has 3 rings (SSSR count). The summed E-state index contributed by atoms with van der Waals surface area (Å²) in [4.78, 5) is 27.2. The smallest absolute Gasteiger partial charge is 0.315 e. The Balaban J connectivity index is 1.62. The molecule has 2 N–H and O–H groups in total. The van der Waals surface area contributed by atoms with Crippen LogP contribution < -0.4 is 10.6 Å². The zero-order valence-electron chi connectivity index (χ0n) is 17.8. The van der Waals surface area contributed by atoms with Crippen molar-refractivity contribution >= 4 is 28.0 Å². The fourth-order valence-corrected chi connectivity index (χ4v) is 5.79. The van der Waals surface area contributed by atoms with E-state index in [9.17, 15) is 9.59 Å². The molecule has 1 aromatic rings. The molecule has 0 radical (unpaired) electrons. The number of rotatable bonds is 6. The van der Waals surface area contributed by atoms with Crippen LogP contribution in [0.1, 0.15) is 65.4 Å². The number of benzene rings is 1. The van der Waals surface area contributed by atoms with E-state index in [4.69, 9.17) is 0 Å². The summed E-state index contributed by atoms with van der Waals surface area (Å²) in [6.45, 7) is 9.15. The van der Waals surface area contributed by atoms with Gasteiger partial charge in [-0.25, -0.2) is 14.6 Å². The second kappa shape index (κ2) is 8.23. The number of isocyanates is 1. The molecule has 2 fully saturated rings. The number of hydrogen-bond acceptors (Lipinski definition) is 3. The van der Waals surface area contributed by atoms with Crippen LogP contribution in [0.4, 0.5) is 4.79 Å².